The van der Waals surface area contributed by atoms with Gasteiger partial charge < -0.3 is 15.0 Å². The Bertz CT molecular complexity index is 1390. The molecular formula is C32H41N3O5S. The van der Waals surface area contributed by atoms with Crippen molar-refractivity contribution in [2.24, 2.45) is 0 Å². The SMILES string of the molecule is CCOc1ccc(N(CC(=O)N(Cc2cccc(C)c2)C(CC)C(=O)NC(C)CC)S(=O)(=O)c2ccccc2)cc1. The predicted octanol–water partition coefficient (Wildman–Crippen LogP) is 5.31. The fraction of sp³-hybridized carbons (Fsp3) is 0.375. The van der Waals surface area contributed by atoms with E-state index in [2.05, 4.69) is 5.32 Å². The zero-order chi connectivity index (χ0) is 30.0. The molecule has 0 saturated heterocycles. The molecule has 3 rings (SSSR count). The maximum Gasteiger partial charge on any atom is 0.264 e. The first-order valence-electron chi connectivity index (χ1n) is 14.1. The maximum absolute atomic E-state index is 14.1. The van der Waals surface area contributed by atoms with Crippen LogP contribution in [0.4, 0.5) is 5.69 Å². The third kappa shape index (κ3) is 8.33. The molecule has 2 atom stereocenters. The van der Waals surface area contributed by atoms with Crippen molar-refractivity contribution in [3.8, 4) is 5.75 Å². The first-order chi connectivity index (χ1) is 19.6. The van der Waals surface area contributed by atoms with Crippen molar-refractivity contribution < 1.29 is 22.7 Å². The number of sulfonamides is 1. The Morgan fingerprint density at radius 3 is 2.17 bits per heavy atom. The first kappa shape index (κ1) is 31.7. The summed E-state index contributed by atoms with van der Waals surface area (Å²) in [7, 11) is -4.12. The average molecular weight is 580 g/mol. The number of carbonyl (C=O) groups is 2. The minimum atomic E-state index is -4.12. The quantitative estimate of drug-likeness (QED) is 0.279. The topological polar surface area (TPSA) is 96.0 Å². The van der Waals surface area contributed by atoms with Crippen molar-refractivity contribution in [1.29, 1.82) is 0 Å². The van der Waals surface area contributed by atoms with Gasteiger partial charge >= 0.3 is 0 Å². The molecule has 0 aromatic heterocycles. The van der Waals surface area contributed by atoms with Crippen molar-refractivity contribution in [2.75, 3.05) is 17.5 Å². The molecule has 0 saturated carbocycles. The summed E-state index contributed by atoms with van der Waals surface area (Å²) >= 11 is 0. The van der Waals surface area contributed by atoms with Gasteiger partial charge in [0.1, 0.15) is 18.3 Å². The van der Waals surface area contributed by atoms with Gasteiger partial charge in [-0.3, -0.25) is 13.9 Å². The fourth-order valence-corrected chi connectivity index (χ4v) is 5.93. The molecule has 0 radical (unpaired) electrons. The van der Waals surface area contributed by atoms with Crippen LogP contribution < -0.4 is 14.4 Å². The third-order valence-corrected chi connectivity index (χ3v) is 8.66. The molecular weight excluding hydrogens is 538 g/mol. The van der Waals surface area contributed by atoms with E-state index in [0.29, 0.717) is 24.5 Å². The molecule has 0 aliphatic carbocycles. The van der Waals surface area contributed by atoms with Crippen molar-refractivity contribution >= 4 is 27.5 Å². The van der Waals surface area contributed by atoms with Crippen LogP contribution in [0.5, 0.6) is 5.75 Å². The predicted molar refractivity (Wildman–Crippen MR) is 162 cm³/mol. The van der Waals surface area contributed by atoms with Gasteiger partial charge in [-0.25, -0.2) is 8.42 Å². The Kier molecular flexibility index (Phi) is 11.3. The van der Waals surface area contributed by atoms with Crippen molar-refractivity contribution in [2.45, 2.75) is 71.0 Å². The number of hydrogen-bond donors (Lipinski definition) is 1. The average Bonchev–Trinajstić information content (AvgIpc) is 2.96. The second-order valence-corrected chi connectivity index (χ2v) is 11.9. The van der Waals surface area contributed by atoms with Crippen LogP contribution in [0.15, 0.2) is 83.8 Å². The summed E-state index contributed by atoms with van der Waals surface area (Å²) in [4.78, 5) is 29.1. The molecule has 0 aliphatic heterocycles. The van der Waals surface area contributed by atoms with Gasteiger partial charge in [-0.2, -0.15) is 0 Å². The molecule has 2 unspecified atom stereocenters. The highest BCUT2D eigenvalue weighted by atomic mass is 32.2. The summed E-state index contributed by atoms with van der Waals surface area (Å²) < 4.78 is 34.4. The normalized spacial score (nSPS) is 12.7. The summed E-state index contributed by atoms with van der Waals surface area (Å²) in [5.74, 6) is -0.152. The van der Waals surface area contributed by atoms with Crippen LogP contribution in [-0.4, -0.2) is 50.4 Å². The lowest BCUT2D eigenvalue weighted by atomic mass is 10.1. The van der Waals surface area contributed by atoms with Crippen LogP contribution in [0.25, 0.3) is 0 Å². The lowest BCUT2D eigenvalue weighted by Gasteiger charge is -2.33. The molecule has 0 fully saturated rings. The molecule has 0 bridgehead atoms. The number of nitrogens with one attached hydrogen (secondary N) is 1. The minimum Gasteiger partial charge on any atom is -0.494 e. The van der Waals surface area contributed by atoms with E-state index in [1.54, 1.807) is 42.5 Å². The van der Waals surface area contributed by atoms with E-state index in [1.807, 2.05) is 58.9 Å². The number of rotatable bonds is 14. The molecule has 0 aliphatic rings. The van der Waals surface area contributed by atoms with Gasteiger partial charge in [0, 0.05) is 12.6 Å². The standard InChI is InChI=1S/C32H41N3O5S/c1-6-25(5)33-32(37)30(7-2)34(22-26-14-12-13-24(4)21-26)31(36)23-35(27-17-19-28(20-18-27)40-8-3)41(38,39)29-15-10-9-11-16-29/h9-21,25,30H,6-8,22-23H2,1-5H3,(H,33,37). The van der Waals surface area contributed by atoms with Crippen LogP contribution in [0.2, 0.25) is 0 Å². The van der Waals surface area contributed by atoms with E-state index in [9.17, 15) is 18.0 Å². The summed E-state index contributed by atoms with van der Waals surface area (Å²) in [5, 5.41) is 2.99. The Morgan fingerprint density at radius 1 is 0.902 bits per heavy atom. The zero-order valence-corrected chi connectivity index (χ0v) is 25.4. The molecule has 8 nitrogen and oxygen atoms in total. The Balaban J connectivity index is 2.05. The molecule has 220 valence electrons. The van der Waals surface area contributed by atoms with Gasteiger partial charge in [-0.15, -0.1) is 0 Å². The molecule has 0 heterocycles. The van der Waals surface area contributed by atoms with Crippen LogP contribution in [-0.2, 0) is 26.2 Å². The smallest absolute Gasteiger partial charge is 0.264 e. The number of hydrogen-bond acceptors (Lipinski definition) is 5. The second kappa shape index (κ2) is 14.7. The van der Waals surface area contributed by atoms with E-state index >= 15 is 0 Å². The largest absolute Gasteiger partial charge is 0.494 e. The molecule has 1 N–H and O–H groups in total. The molecule has 3 aromatic rings. The molecule has 3 aromatic carbocycles. The number of benzene rings is 3. The monoisotopic (exact) mass is 579 g/mol. The highest BCUT2D eigenvalue weighted by Crippen LogP contribution is 2.27. The Morgan fingerprint density at radius 2 is 1.59 bits per heavy atom. The van der Waals surface area contributed by atoms with Crippen LogP contribution in [0, 0.1) is 6.92 Å². The van der Waals surface area contributed by atoms with Crippen LogP contribution in [0.1, 0.15) is 51.7 Å². The molecule has 2 amide bonds. The minimum absolute atomic E-state index is 0.0634. The number of aryl methyl sites for hydroxylation is 1. The number of anilines is 1. The maximum atomic E-state index is 14.1. The van der Waals surface area contributed by atoms with Gasteiger partial charge in [0.15, 0.2) is 0 Å². The van der Waals surface area contributed by atoms with E-state index in [1.165, 1.54) is 17.0 Å². The summed E-state index contributed by atoms with van der Waals surface area (Å²) in [6.07, 6.45) is 1.11. The van der Waals surface area contributed by atoms with Gasteiger partial charge in [0.2, 0.25) is 11.8 Å². The van der Waals surface area contributed by atoms with Crippen LogP contribution in [0.3, 0.4) is 0 Å². The lowest BCUT2D eigenvalue weighted by molar-refractivity contribution is -0.140. The highest BCUT2D eigenvalue weighted by molar-refractivity contribution is 7.92. The number of nitrogens with zero attached hydrogens (tertiary/aromatic N) is 2. The Hall–Kier alpha value is -3.85. The van der Waals surface area contributed by atoms with Gasteiger partial charge in [-0.1, -0.05) is 61.9 Å². The van der Waals surface area contributed by atoms with Crippen LogP contribution >= 0.6 is 0 Å². The highest BCUT2D eigenvalue weighted by Gasteiger charge is 2.34. The second-order valence-electron chi connectivity index (χ2n) is 10.0. The summed E-state index contributed by atoms with van der Waals surface area (Å²) in [5.41, 5.74) is 2.19. The van der Waals surface area contributed by atoms with Crippen molar-refractivity contribution in [3.05, 3.63) is 90.0 Å². The number of ether oxygens (including phenoxy) is 1. The zero-order valence-electron chi connectivity index (χ0n) is 24.5. The lowest BCUT2D eigenvalue weighted by Crippen LogP contribution is -2.53. The van der Waals surface area contributed by atoms with E-state index in [-0.39, 0.29) is 23.4 Å². The van der Waals surface area contributed by atoms with Gasteiger partial charge in [0.25, 0.3) is 10.0 Å². The molecule has 41 heavy (non-hydrogen) atoms. The van der Waals surface area contributed by atoms with Crippen molar-refractivity contribution in [3.63, 3.8) is 0 Å². The van der Waals surface area contributed by atoms with E-state index in [4.69, 9.17) is 4.74 Å². The van der Waals surface area contributed by atoms with Crippen molar-refractivity contribution in [1.82, 2.24) is 10.2 Å². The molecule has 0 spiro atoms. The van der Waals surface area contributed by atoms with Gasteiger partial charge in [-0.05, 0) is 75.6 Å². The fourth-order valence-electron chi connectivity index (χ4n) is 4.49. The third-order valence-electron chi connectivity index (χ3n) is 6.87. The Labute approximate surface area is 244 Å². The number of amides is 2. The van der Waals surface area contributed by atoms with Gasteiger partial charge in [0.05, 0.1) is 17.2 Å². The number of carbonyl (C=O) groups excluding carboxylic acids is 2. The summed E-state index contributed by atoms with van der Waals surface area (Å²) in [6.45, 7) is 9.71. The molecule has 9 heteroatoms. The van der Waals surface area contributed by atoms with E-state index in [0.717, 1.165) is 21.9 Å². The summed E-state index contributed by atoms with van der Waals surface area (Å²) in [6, 6.07) is 21.5. The first-order valence-corrected chi connectivity index (χ1v) is 15.5. The van der Waals surface area contributed by atoms with E-state index < -0.39 is 28.5 Å².